The van der Waals surface area contributed by atoms with E-state index in [0.717, 1.165) is 21.4 Å². The number of phenolic OH excluding ortho intramolecular Hbond substituents is 1. The Balaban J connectivity index is 0.684. The van der Waals surface area contributed by atoms with Gasteiger partial charge in [0.25, 0.3) is 17.4 Å². The molecule has 27 nitrogen and oxygen atoms in total. The van der Waals surface area contributed by atoms with Gasteiger partial charge in [-0.05, 0) is 79.8 Å². The van der Waals surface area contributed by atoms with E-state index in [1.807, 2.05) is 6.92 Å². The lowest BCUT2D eigenvalue weighted by Crippen LogP contribution is -2.48. The van der Waals surface area contributed by atoms with Crippen molar-refractivity contribution in [2.75, 3.05) is 131 Å². The van der Waals surface area contributed by atoms with Crippen molar-refractivity contribution >= 4 is 66.1 Å². The number of cyclic esters (lactones) is 1. The van der Waals surface area contributed by atoms with Crippen LogP contribution in [0.2, 0.25) is 0 Å². The van der Waals surface area contributed by atoms with Crippen LogP contribution in [0.1, 0.15) is 66.8 Å². The van der Waals surface area contributed by atoms with E-state index in [2.05, 4.69) is 16.0 Å². The van der Waals surface area contributed by atoms with Gasteiger partial charge in [0.2, 0.25) is 17.7 Å². The third kappa shape index (κ3) is 19.9. The van der Waals surface area contributed by atoms with Gasteiger partial charge in [-0.3, -0.25) is 33.7 Å². The Labute approximate surface area is 509 Å². The van der Waals surface area contributed by atoms with E-state index >= 15 is 0 Å². The number of imide groups is 1. The topological polar surface area (TPSA) is 341 Å². The number of rotatable bonds is 41. The highest BCUT2D eigenvalue weighted by atomic mass is 16.7. The van der Waals surface area contributed by atoms with E-state index in [-0.39, 0.29) is 81.0 Å². The van der Waals surface area contributed by atoms with Crippen LogP contribution in [-0.4, -0.2) is 200 Å². The number of aromatic hydroxyl groups is 1. The molecule has 0 bridgehead atoms. The maximum atomic E-state index is 14.0. The summed E-state index contributed by atoms with van der Waals surface area (Å²) in [6.07, 6.45) is 3.44. The fourth-order valence-corrected chi connectivity index (χ4v) is 9.69. The number of anilines is 1. The number of nitrogens with one attached hydrogen (secondary N) is 3. The molecular weight excluding hydrogens is 1150 g/mol. The number of ether oxygens (including phenoxy) is 11. The minimum absolute atomic E-state index is 0.0177. The van der Waals surface area contributed by atoms with Crippen molar-refractivity contribution in [1.29, 1.82) is 0 Å². The number of fused-ring (bicyclic) bond motifs is 5. The third-order valence-electron chi connectivity index (χ3n) is 14.3. The normalized spacial score (nSPS) is 15.2. The van der Waals surface area contributed by atoms with E-state index in [9.17, 15) is 43.5 Å². The highest BCUT2D eigenvalue weighted by Crippen LogP contribution is 2.40. The van der Waals surface area contributed by atoms with Gasteiger partial charge in [0.05, 0.1) is 135 Å². The van der Waals surface area contributed by atoms with Crippen molar-refractivity contribution in [3.63, 3.8) is 0 Å². The fourth-order valence-electron chi connectivity index (χ4n) is 9.69. The Hall–Kier alpha value is -7.67. The first-order chi connectivity index (χ1) is 42.7. The number of unbranched alkanes of at least 4 members (excludes halogenated alkanes) is 1. The number of carbonyl (C=O) groups excluding carboxylic acids is 7. The molecule has 5 heterocycles. The van der Waals surface area contributed by atoms with Gasteiger partial charge < -0.3 is 83.5 Å². The van der Waals surface area contributed by atoms with Crippen LogP contribution in [-0.2, 0) is 113 Å². The van der Waals surface area contributed by atoms with Gasteiger partial charge in [0.15, 0.2) is 13.3 Å². The van der Waals surface area contributed by atoms with Crippen molar-refractivity contribution in [3.8, 4) is 17.1 Å². The predicted molar refractivity (Wildman–Crippen MR) is 317 cm³/mol. The van der Waals surface area contributed by atoms with Crippen LogP contribution >= 0.6 is 0 Å². The summed E-state index contributed by atoms with van der Waals surface area (Å²) in [5.74, 6) is -2.69. The van der Waals surface area contributed by atoms with Crippen LogP contribution < -0.4 is 27.2 Å². The van der Waals surface area contributed by atoms with Crippen molar-refractivity contribution in [2.24, 2.45) is 5.73 Å². The van der Waals surface area contributed by atoms with Crippen LogP contribution in [0.25, 0.3) is 22.3 Å². The number of esters is 1. The molecular formula is C60H78BN7O20. The molecule has 0 spiro atoms. The Kier molecular flexibility index (Phi) is 27.3. The number of nitrogens with zero attached hydrogens (tertiary/aromatic N) is 3. The van der Waals surface area contributed by atoms with Gasteiger partial charge in [0, 0.05) is 60.3 Å². The van der Waals surface area contributed by atoms with E-state index in [1.165, 1.54) is 20.0 Å². The molecule has 3 aliphatic heterocycles. The summed E-state index contributed by atoms with van der Waals surface area (Å²) >= 11 is 0. The number of phenols is 1. The third-order valence-corrected chi connectivity index (χ3v) is 14.3. The summed E-state index contributed by atoms with van der Waals surface area (Å²) in [6.45, 7) is 7.98. The lowest BCUT2D eigenvalue weighted by atomic mass is 9.72. The number of nitrogens with two attached hydrogens (primary N) is 1. The van der Waals surface area contributed by atoms with Gasteiger partial charge in [-0.2, -0.15) is 0 Å². The van der Waals surface area contributed by atoms with Crippen LogP contribution in [0.3, 0.4) is 0 Å². The summed E-state index contributed by atoms with van der Waals surface area (Å²) in [5, 5.41) is 19.3. The van der Waals surface area contributed by atoms with Crippen molar-refractivity contribution < 1.29 is 90.8 Å². The maximum Gasteiger partial charge on any atom is 0.509 e. The number of benzene rings is 2. The second-order valence-corrected chi connectivity index (χ2v) is 20.5. The van der Waals surface area contributed by atoms with E-state index in [1.54, 1.807) is 53.1 Å². The van der Waals surface area contributed by atoms with Gasteiger partial charge in [0.1, 0.15) is 25.0 Å². The number of hydrogen-bond acceptors (Lipinski definition) is 22. The van der Waals surface area contributed by atoms with Crippen LogP contribution in [0.5, 0.6) is 5.75 Å². The maximum absolute atomic E-state index is 14.0. The molecule has 0 aliphatic carbocycles. The summed E-state index contributed by atoms with van der Waals surface area (Å²) < 4.78 is 62.1. The minimum Gasteiger partial charge on any atom is -0.508 e. The van der Waals surface area contributed by atoms with Crippen LogP contribution in [0.4, 0.5) is 10.5 Å². The molecule has 5 amide bonds. The average molecular weight is 1230 g/mol. The standard InChI is InChI=1S/C60H78BN7O20/c1-2-43-44-35-42(69)10-11-48(44)66-55-45(43)37-68-50(55)36-47-46(57(68)75)39-86-58(76)60(47,61)88-59(77)87-38-40-6-8-41(9-7-40)64-56(74)49(5-3-4-16-62)65-52(71)15-19-78-21-23-80-25-27-82-29-31-84-33-34-85-32-30-83-28-26-81-24-22-79-20-17-63-51(70)14-18-67-53(72)12-13-54(67)73/h6-13,35-36,49,69H,2-5,14-34,37-39,61-62H2,1H3,(H,63,70)(H,64,74)(H,65,71)/t49-,60-/m0/s1. The molecule has 2 aromatic carbocycles. The van der Waals surface area contributed by atoms with Gasteiger partial charge in [-0.15, -0.1) is 0 Å². The van der Waals surface area contributed by atoms with Crippen molar-refractivity contribution in [1.82, 2.24) is 25.1 Å². The fraction of sp³-hybridized carbons (Fsp3) is 0.517. The summed E-state index contributed by atoms with van der Waals surface area (Å²) in [6, 6.07) is 12.2. The van der Waals surface area contributed by atoms with Gasteiger partial charge >= 0.3 is 12.1 Å². The van der Waals surface area contributed by atoms with Gasteiger partial charge in [-0.25, -0.2) is 14.6 Å². The molecule has 4 aromatic rings. The molecule has 0 fully saturated rings. The number of hydrogen-bond donors (Lipinski definition) is 5. The van der Waals surface area contributed by atoms with Crippen LogP contribution in [0, 0.1) is 0 Å². The lowest BCUT2D eigenvalue weighted by Gasteiger charge is -2.33. The smallest absolute Gasteiger partial charge is 0.508 e. The first-order valence-corrected chi connectivity index (χ1v) is 29.5. The Bertz CT molecular complexity index is 3110. The number of aryl methyl sites for hydroxylation is 1. The molecule has 0 radical (unpaired) electrons. The molecule has 0 unspecified atom stereocenters. The molecule has 7 rings (SSSR count). The van der Waals surface area contributed by atoms with E-state index in [0.29, 0.717) is 159 Å². The highest BCUT2D eigenvalue weighted by Gasteiger charge is 2.48. The largest absolute Gasteiger partial charge is 0.509 e. The lowest BCUT2D eigenvalue weighted by molar-refractivity contribution is -0.164. The average Bonchev–Trinajstić information content (AvgIpc) is 1.57. The Morgan fingerprint density at radius 2 is 1.33 bits per heavy atom. The second kappa shape index (κ2) is 35.4. The second-order valence-electron chi connectivity index (χ2n) is 20.5. The van der Waals surface area contributed by atoms with Crippen LogP contribution in [0.15, 0.2) is 65.5 Å². The van der Waals surface area contributed by atoms with E-state index < -0.39 is 46.9 Å². The SMILES string of the molecule is B[C@@]1(OC(=O)OCc2ccc(NC(=O)[C@H](CCCCN)NC(=O)CCOCCOCCOCCOCCOCCOCCOCCOCCNC(=O)CCN3C(=O)C=CC3=O)cc2)C(=O)OCc2c1cc1n(c2=O)Cc2c-1nc1ccc(O)cc1c2CC. The van der Waals surface area contributed by atoms with Gasteiger partial charge in [-0.1, -0.05) is 19.1 Å². The molecule has 88 heavy (non-hydrogen) atoms. The molecule has 2 aromatic heterocycles. The molecule has 3 aliphatic rings. The number of amides is 5. The Morgan fingerprint density at radius 1 is 0.739 bits per heavy atom. The molecule has 28 heteroatoms. The summed E-state index contributed by atoms with van der Waals surface area (Å²) in [7, 11) is 1.35. The molecule has 2 atom stereocenters. The zero-order valence-electron chi connectivity index (χ0n) is 49.8. The van der Waals surface area contributed by atoms with Crippen molar-refractivity contribution in [2.45, 2.75) is 76.7 Å². The minimum atomic E-state index is -2.03. The van der Waals surface area contributed by atoms with E-state index in [4.69, 9.17) is 62.8 Å². The number of carbonyl (C=O) groups is 7. The molecule has 476 valence electrons. The molecule has 0 saturated heterocycles. The Morgan fingerprint density at radius 3 is 1.92 bits per heavy atom. The summed E-state index contributed by atoms with van der Waals surface area (Å²) in [4.78, 5) is 108. The highest BCUT2D eigenvalue weighted by molar-refractivity contribution is 6.27. The first-order valence-electron chi connectivity index (χ1n) is 29.5. The molecule has 6 N–H and O–H groups in total. The monoisotopic (exact) mass is 1230 g/mol. The zero-order chi connectivity index (χ0) is 62.7. The first kappa shape index (κ1) is 67.8. The molecule has 0 saturated carbocycles. The predicted octanol–water partition coefficient (Wildman–Crippen LogP) is 1.40. The zero-order valence-corrected chi connectivity index (χ0v) is 49.8. The quantitative estimate of drug-likeness (QED) is 0.0160. The van der Waals surface area contributed by atoms with Crippen molar-refractivity contribution in [3.05, 3.63) is 98.9 Å². The number of aromatic nitrogens is 2. The number of pyridine rings is 2. The summed E-state index contributed by atoms with van der Waals surface area (Å²) in [5.41, 5.74) is 7.91.